The van der Waals surface area contributed by atoms with Gasteiger partial charge in [0, 0.05) is 20.2 Å². The van der Waals surface area contributed by atoms with Crippen LogP contribution in [0.25, 0.3) is 11.0 Å². The van der Waals surface area contributed by atoms with Crippen LogP contribution in [0.15, 0.2) is 16.6 Å². The third-order valence-corrected chi connectivity index (χ3v) is 3.11. The predicted molar refractivity (Wildman–Crippen MR) is 67.0 cm³/mol. The summed E-state index contributed by atoms with van der Waals surface area (Å²) >= 11 is 8.97. The van der Waals surface area contributed by atoms with Gasteiger partial charge in [0.1, 0.15) is 11.6 Å². The standard InChI is InChI=1S/C10H10BrClFN3/c1-15(2)16-9-3-6(11)7(13)4-8(9)14-10(16)5-12/h3-4H,5H2,1-2H3. The van der Waals surface area contributed by atoms with E-state index in [9.17, 15) is 4.39 Å². The van der Waals surface area contributed by atoms with E-state index < -0.39 is 0 Å². The lowest BCUT2D eigenvalue weighted by Crippen LogP contribution is -2.26. The Labute approximate surface area is 106 Å². The summed E-state index contributed by atoms with van der Waals surface area (Å²) in [6, 6.07) is 3.10. The van der Waals surface area contributed by atoms with E-state index in [0.29, 0.717) is 15.8 Å². The van der Waals surface area contributed by atoms with Crippen LogP contribution in [0.2, 0.25) is 0 Å². The summed E-state index contributed by atoms with van der Waals surface area (Å²) in [5.74, 6) is 0.655. The van der Waals surface area contributed by atoms with Crippen LogP contribution >= 0.6 is 27.5 Å². The lowest BCUT2D eigenvalue weighted by atomic mass is 10.3. The van der Waals surface area contributed by atoms with Crippen LogP contribution in [-0.4, -0.2) is 23.8 Å². The van der Waals surface area contributed by atoms with Crippen molar-refractivity contribution >= 4 is 38.6 Å². The second kappa shape index (κ2) is 4.22. The molecule has 0 saturated carbocycles. The zero-order valence-corrected chi connectivity index (χ0v) is 11.2. The summed E-state index contributed by atoms with van der Waals surface area (Å²) in [5.41, 5.74) is 1.43. The highest BCUT2D eigenvalue weighted by Gasteiger charge is 2.13. The molecule has 0 spiro atoms. The number of hydrogen-bond acceptors (Lipinski definition) is 2. The summed E-state index contributed by atoms with van der Waals surface area (Å²) in [6.07, 6.45) is 0. The summed E-state index contributed by atoms with van der Waals surface area (Å²) < 4.78 is 15.6. The second-order valence-corrected chi connectivity index (χ2v) is 4.70. The van der Waals surface area contributed by atoms with Crippen LogP contribution < -0.4 is 5.01 Å². The van der Waals surface area contributed by atoms with Gasteiger partial charge in [0.2, 0.25) is 0 Å². The average molecular weight is 307 g/mol. The molecule has 1 heterocycles. The van der Waals surface area contributed by atoms with Gasteiger partial charge in [0.15, 0.2) is 0 Å². The molecule has 16 heavy (non-hydrogen) atoms. The van der Waals surface area contributed by atoms with Crippen LogP contribution in [0.5, 0.6) is 0 Å². The molecule has 0 unspecified atom stereocenters. The highest BCUT2D eigenvalue weighted by Crippen LogP contribution is 2.24. The first-order valence-electron chi connectivity index (χ1n) is 4.64. The molecule has 2 aromatic rings. The van der Waals surface area contributed by atoms with Crippen molar-refractivity contribution in [2.75, 3.05) is 19.1 Å². The van der Waals surface area contributed by atoms with Crippen molar-refractivity contribution in [3.63, 3.8) is 0 Å². The molecule has 0 amide bonds. The molecule has 3 nitrogen and oxygen atoms in total. The van der Waals surface area contributed by atoms with Crippen LogP contribution in [-0.2, 0) is 5.88 Å². The SMILES string of the molecule is CN(C)n1c(CCl)nc2cc(F)c(Br)cc21. The van der Waals surface area contributed by atoms with Crippen molar-refractivity contribution in [2.45, 2.75) is 5.88 Å². The largest absolute Gasteiger partial charge is 0.317 e. The number of aromatic nitrogens is 2. The topological polar surface area (TPSA) is 21.1 Å². The Morgan fingerprint density at radius 1 is 1.50 bits per heavy atom. The molecule has 0 aliphatic rings. The molecule has 0 saturated heterocycles. The minimum atomic E-state index is -0.322. The van der Waals surface area contributed by atoms with Gasteiger partial charge in [-0.2, -0.15) is 0 Å². The number of benzene rings is 1. The van der Waals surface area contributed by atoms with Gasteiger partial charge < -0.3 is 5.01 Å². The zero-order chi connectivity index (χ0) is 11.9. The number of rotatable bonds is 2. The van der Waals surface area contributed by atoms with Gasteiger partial charge in [-0.05, 0) is 22.0 Å². The molecule has 0 bridgehead atoms. The molecule has 1 aromatic carbocycles. The van der Waals surface area contributed by atoms with E-state index in [4.69, 9.17) is 11.6 Å². The summed E-state index contributed by atoms with van der Waals surface area (Å²) in [4.78, 5) is 4.28. The highest BCUT2D eigenvalue weighted by atomic mass is 79.9. The van der Waals surface area contributed by atoms with Crippen molar-refractivity contribution in [2.24, 2.45) is 0 Å². The average Bonchev–Trinajstić information content (AvgIpc) is 2.56. The summed E-state index contributed by atoms with van der Waals surface area (Å²) in [6.45, 7) is 0. The van der Waals surface area contributed by atoms with Crippen LogP contribution in [0, 0.1) is 5.82 Å². The van der Waals surface area contributed by atoms with E-state index in [1.165, 1.54) is 6.07 Å². The van der Waals surface area contributed by atoms with Crippen molar-refractivity contribution in [1.82, 2.24) is 9.66 Å². The number of halogens is 3. The van der Waals surface area contributed by atoms with Crippen LogP contribution in [0.4, 0.5) is 4.39 Å². The van der Waals surface area contributed by atoms with E-state index in [1.807, 2.05) is 23.8 Å². The molecule has 0 radical (unpaired) electrons. The first-order chi connectivity index (χ1) is 7.54. The fraction of sp³-hybridized carbons (Fsp3) is 0.300. The molecule has 2 rings (SSSR count). The maximum atomic E-state index is 13.4. The quantitative estimate of drug-likeness (QED) is 0.796. The predicted octanol–water partition coefficient (Wildman–Crippen LogP) is 2.87. The van der Waals surface area contributed by atoms with E-state index >= 15 is 0 Å². The van der Waals surface area contributed by atoms with Crippen LogP contribution in [0.1, 0.15) is 5.82 Å². The van der Waals surface area contributed by atoms with E-state index in [-0.39, 0.29) is 11.7 Å². The molecule has 0 atom stereocenters. The number of hydrogen-bond donors (Lipinski definition) is 0. The lowest BCUT2D eigenvalue weighted by molar-refractivity contribution is 0.622. The number of alkyl halides is 1. The molecule has 6 heteroatoms. The molecule has 0 aliphatic carbocycles. The minimum absolute atomic E-state index is 0.284. The van der Waals surface area contributed by atoms with Gasteiger partial charge in [-0.1, -0.05) is 0 Å². The first-order valence-corrected chi connectivity index (χ1v) is 5.97. The highest BCUT2D eigenvalue weighted by molar-refractivity contribution is 9.10. The van der Waals surface area contributed by atoms with E-state index in [1.54, 1.807) is 6.07 Å². The van der Waals surface area contributed by atoms with Crippen molar-refractivity contribution in [1.29, 1.82) is 0 Å². The molecule has 86 valence electrons. The number of fused-ring (bicyclic) bond motifs is 1. The first kappa shape index (κ1) is 11.7. The molecule has 0 aliphatic heterocycles. The summed E-state index contributed by atoms with van der Waals surface area (Å²) in [5, 5.41) is 1.86. The fourth-order valence-corrected chi connectivity index (χ4v) is 2.15. The maximum absolute atomic E-state index is 13.4. The smallest absolute Gasteiger partial charge is 0.143 e. The fourth-order valence-electron chi connectivity index (χ4n) is 1.64. The van der Waals surface area contributed by atoms with Crippen molar-refractivity contribution in [3.8, 4) is 0 Å². The molecule has 1 aromatic heterocycles. The van der Waals surface area contributed by atoms with Crippen LogP contribution in [0.3, 0.4) is 0 Å². The lowest BCUT2D eigenvalue weighted by Gasteiger charge is -2.17. The monoisotopic (exact) mass is 305 g/mol. The maximum Gasteiger partial charge on any atom is 0.143 e. The molecular weight excluding hydrogens is 296 g/mol. The Morgan fingerprint density at radius 3 is 2.75 bits per heavy atom. The van der Waals surface area contributed by atoms with E-state index in [2.05, 4.69) is 20.9 Å². The molecule has 0 N–H and O–H groups in total. The number of nitrogens with zero attached hydrogens (tertiary/aromatic N) is 3. The van der Waals surface area contributed by atoms with Gasteiger partial charge in [0.05, 0.1) is 21.4 Å². The van der Waals surface area contributed by atoms with Crippen molar-refractivity contribution in [3.05, 3.63) is 28.2 Å². The Morgan fingerprint density at radius 2 is 2.19 bits per heavy atom. The normalized spacial score (nSPS) is 11.1. The third kappa shape index (κ3) is 1.78. The van der Waals surface area contributed by atoms with E-state index in [0.717, 1.165) is 5.52 Å². The van der Waals surface area contributed by atoms with Gasteiger partial charge in [-0.15, -0.1) is 11.6 Å². The summed E-state index contributed by atoms with van der Waals surface area (Å²) in [7, 11) is 3.77. The Balaban J connectivity index is 2.79. The molecule has 0 fully saturated rings. The van der Waals surface area contributed by atoms with Gasteiger partial charge >= 0.3 is 0 Å². The number of imidazole rings is 1. The zero-order valence-electron chi connectivity index (χ0n) is 8.84. The second-order valence-electron chi connectivity index (χ2n) is 3.58. The molecular formula is C10H10BrClFN3. The Kier molecular flexibility index (Phi) is 3.08. The van der Waals surface area contributed by atoms with Gasteiger partial charge in [-0.25, -0.2) is 14.1 Å². The van der Waals surface area contributed by atoms with Crippen molar-refractivity contribution < 1.29 is 4.39 Å². The minimum Gasteiger partial charge on any atom is -0.317 e. The van der Waals surface area contributed by atoms with Gasteiger partial charge in [-0.3, -0.25) is 0 Å². The van der Waals surface area contributed by atoms with Gasteiger partial charge in [0.25, 0.3) is 0 Å². The Bertz CT molecular complexity index is 538. The Hall–Kier alpha value is -0.810. The third-order valence-electron chi connectivity index (χ3n) is 2.26.